The second-order valence-corrected chi connectivity index (χ2v) is 3.14. The highest BCUT2D eigenvalue weighted by Gasteiger charge is 2.56. The Kier molecular flexibility index (Phi) is 2.35. The molecular formula is C8H13NO3. The van der Waals surface area contributed by atoms with Gasteiger partial charge in [0.25, 0.3) is 0 Å². The third-order valence-corrected chi connectivity index (χ3v) is 2.13. The number of rotatable bonds is 4. The number of carbonyl (C=O) groups is 2. The average Bonchev–Trinajstić information content (AvgIpc) is 2.80. The Hall–Kier alpha value is -1.06. The van der Waals surface area contributed by atoms with Gasteiger partial charge >= 0.3 is 5.97 Å². The van der Waals surface area contributed by atoms with E-state index in [9.17, 15) is 9.59 Å². The van der Waals surface area contributed by atoms with Crippen molar-refractivity contribution >= 4 is 11.9 Å². The lowest BCUT2D eigenvalue weighted by molar-refractivity contribution is -0.149. The number of amides is 1. The van der Waals surface area contributed by atoms with Gasteiger partial charge in [0.2, 0.25) is 5.91 Å². The van der Waals surface area contributed by atoms with Gasteiger partial charge in [-0.15, -0.1) is 0 Å². The van der Waals surface area contributed by atoms with E-state index in [1.165, 1.54) is 0 Å². The van der Waals surface area contributed by atoms with Crippen LogP contribution in [0.25, 0.3) is 0 Å². The van der Waals surface area contributed by atoms with Crippen LogP contribution in [0.5, 0.6) is 0 Å². The number of carbonyl (C=O) groups excluding carboxylic acids is 1. The molecule has 1 aliphatic carbocycles. The largest absolute Gasteiger partial charge is 0.480 e. The Morgan fingerprint density at radius 2 is 2.08 bits per heavy atom. The summed E-state index contributed by atoms with van der Waals surface area (Å²) in [6.45, 7) is 2.49. The fourth-order valence-electron chi connectivity index (χ4n) is 1.07. The van der Waals surface area contributed by atoms with Gasteiger partial charge in [-0.2, -0.15) is 0 Å². The molecule has 0 heterocycles. The Labute approximate surface area is 71.0 Å². The maximum Gasteiger partial charge on any atom is 0.319 e. The van der Waals surface area contributed by atoms with Gasteiger partial charge in [-0.25, -0.2) is 0 Å². The number of carboxylic acids is 1. The zero-order valence-corrected chi connectivity index (χ0v) is 7.09. The lowest BCUT2D eigenvalue weighted by Crippen LogP contribution is -2.37. The van der Waals surface area contributed by atoms with Crippen molar-refractivity contribution in [3.05, 3.63) is 0 Å². The quantitative estimate of drug-likeness (QED) is 0.601. The molecule has 0 unspecified atom stereocenters. The summed E-state index contributed by atoms with van der Waals surface area (Å²) < 4.78 is 0. The van der Waals surface area contributed by atoms with E-state index >= 15 is 0 Å². The van der Waals surface area contributed by atoms with Crippen LogP contribution in [0.4, 0.5) is 0 Å². The first-order chi connectivity index (χ1) is 5.63. The molecule has 4 heteroatoms. The number of carboxylic acid groups (broad SMARTS) is 1. The minimum atomic E-state index is -1.07. The molecule has 0 spiro atoms. The maximum absolute atomic E-state index is 11.2. The predicted octanol–water partition coefficient (Wildman–Crippen LogP) is 0.377. The topological polar surface area (TPSA) is 66.4 Å². The van der Waals surface area contributed by atoms with E-state index in [1.807, 2.05) is 6.92 Å². The van der Waals surface area contributed by atoms with E-state index in [0.29, 0.717) is 19.4 Å². The molecule has 0 radical (unpaired) electrons. The molecule has 0 aliphatic heterocycles. The molecule has 1 amide bonds. The van der Waals surface area contributed by atoms with Gasteiger partial charge in [-0.1, -0.05) is 6.92 Å². The minimum absolute atomic E-state index is 0.322. The highest BCUT2D eigenvalue weighted by Crippen LogP contribution is 2.45. The van der Waals surface area contributed by atoms with Crippen molar-refractivity contribution in [1.29, 1.82) is 0 Å². The van der Waals surface area contributed by atoms with E-state index in [0.717, 1.165) is 6.42 Å². The monoisotopic (exact) mass is 171 g/mol. The fourth-order valence-corrected chi connectivity index (χ4v) is 1.07. The van der Waals surface area contributed by atoms with Crippen LogP contribution in [0, 0.1) is 5.41 Å². The van der Waals surface area contributed by atoms with Crippen LogP contribution in [0.1, 0.15) is 26.2 Å². The molecule has 0 bridgehead atoms. The first kappa shape index (κ1) is 9.03. The molecule has 0 aromatic rings. The zero-order valence-electron chi connectivity index (χ0n) is 7.09. The molecule has 1 fully saturated rings. The Bertz CT molecular complexity index is 208. The van der Waals surface area contributed by atoms with Crippen molar-refractivity contribution < 1.29 is 14.7 Å². The van der Waals surface area contributed by atoms with Gasteiger partial charge in [0.05, 0.1) is 0 Å². The van der Waals surface area contributed by atoms with E-state index in [2.05, 4.69) is 5.32 Å². The van der Waals surface area contributed by atoms with Crippen LogP contribution in [-0.2, 0) is 9.59 Å². The summed E-state index contributed by atoms with van der Waals surface area (Å²) in [5.74, 6) is -1.31. The second kappa shape index (κ2) is 3.13. The van der Waals surface area contributed by atoms with Crippen LogP contribution >= 0.6 is 0 Å². The molecule has 4 nitrogen and oxygen atoms in total. The molecule has 1 aliphatic rings. The van der Waals surface area contributed by atoms with Gasteiger partial charge in [0.15, 0.2) is 0 Å². The standard InChI is InChI=1S/C8H13NO3/c1-2-5-9-6(10)8(3-4-8)7(11)12/h2-5H2,1H3,(H,9,10)(H,11,12). The van der Waals surface area contributed by atoms with Crippen LogP contribution in [0.15, 0.2) is 0 Å². The summed E-state index contributed by atoms with van der Waals surface area (Å²) in [4.78, 5) is 21.9. The normalized spacial score (nSPS) is 18.4. The molecule has 0 aromatic heterocycles. The summed E-state index contributed by atoms with van der Waals surface area (Å²) in [6, 6.07) is 0. The SMILES string of the molecule is CCCNC(=O)C1(C(=O)O)CC1. The maximum atomic E-state index is 11.2. The summed E-state index contributed by atoms with van der Waals surface area (Å²) in [5.41, 5.74) is -1.07. The molecular weight excluding hydrogens is 158 g/mol. The van der Waals surface area contributed by atoms with Crippen LogP contribution < -0.4 is 5.32 Å². The van der Waals surface area contributed by atoms with Crippen molar-refractivity contribution in [2.45, 2.75) is 26.2 Å². The highest BCUT2D eigenvalue weighted by atomic mass is 16.4. The fraction of sp³-hybridized carbons (Fsp3) is 0.750. The van der Waals surface area contributed by atoms with Gasteiger partial charge in [-0.05, 0) is 19.3 Å². The Morgan fingerprint density at radius 1 is 1.50 bits per heavy atom. The van der Waals surface area contributed by atoms with Crippen LogP contribution in [0.3, 0.4) is 0 Å². The van der Waals surface area contributed by atoms with Crippen molar-refractivity contribution in [1.82, 2.24) is 5.32 Å². The molecule has 2 N–H and O–H groups in total. The van der Waals surface area contributed by atoms with Crippen LogP contribution in [0.2, 0.25) is 0 Å². The van der Waals surface area contributed by atoms with Crippen LogP contribution in [-0.4, -0.2) is 23.5 Å². The van der Waals surface area contributed by atoms with Gasteiger partial charge < -0.3 is 10.4 Å². The van der Waals surface area contributed by atoms with Gasteiger partial charge in [-0.3, -0.25) is 9.59 Å². The third-order valence-electron chi connectivity index (χ3n) is 2.13. The minimum Gasteiger partial charge on any atom is -0.480 e. The van der Waals surface area contributed by atoms with Gasteiger partial charge in [0, 0.05) is 6.54 Å². The Morgan fingerprint density at radius 3 is 2.42 bits per heavy atom. The summed E-state index contributed by atoms with van der Waals surface area (Å²) in [7, 11) is 0. The summed E-state index contributed by atoms with van der Waals surface area (Å²) >= 11 is 0. The predicted molar refractivity (Wildman–Crippen MR) is 42.6 cm³/mol. The Balaban J connectivity index is 2.47. The molecule has 0 saturated heterocycles. The highest BCUT2D eigenvalue weighted by molar-refractivity contribution is 6.04. The molecule has 0 atom stereocenters. The van der Waals surface area contributed by atoms with E-state index in [-0.39, 0.29) is 5.91 Å². The summed E-state index contributed by atoms with van der Waals surface area (Å²) in [6.07, 6.45) is 1.80. The van der Waals surface area contributed by atoms with Crippen molar-refractivity contribution in [2.24, 2.45) is 5.41 Å². The lowest BCUT2D eigenvalue weighted by atomic mass is 10.1. The number of hydrogen-bond donors (Lipinski definition) is 2. The van der Waals surface area contributed by atoms with Crippen molar-refractivity contribution in [3.8, 4) is 0 Å². The first-order valence-electron chi connectivity index (χ1n) is 4.15. The number of nitrogens with one attached hydrogen (secondary N) is 1. The molecule has 1 saturated carbocycles. The number of aliphatic carboxylic acids is 1. The van der Waals surface area contributed by atoms with E-state index in [4.69, 9.17) is 5.11 Å². The zero-order chi connectivity index (χ0) is 9.19. The van der Waals surface area contributed by atoms with E-state index < -0.39 is 11.4 Å². The number of hydrogen-bond acceptors (Lipinski definition) is 2. The van der Waals surface area contributed by atoms with Gasteiger partial charge in [0.1, 0.15) is 5.41 Å². The van der Waals surface area contributed by atoms with Crippen molar-refractivity contribution in [3.63, 3.8) is 0 Å². The molecule has 12 heavy (non-hydrogen) atoms. The summed E-state index contributed by atoms with van der Waals surface area (Å²) in [5, 5.41) is 11.3. The molecule has 0 aromatic carbocycles. The lowest BCUT2D eigenvalue weighted by Gasteiger charge is -2.09. The molecule has 1 rings (SSSR count). The molecule has 68 valence electrons. The third kappa shape index (κ3) is 1.42. The van der Waals surface area contributed by atoms with Crippen molar-refractivity contribution in [2.75, 3.05) is 6.54 Å². The first-order valence-corrected chi connectivity index (χ1v) is 4.15. The smallest absolute Gasteiger partial charge is 0.319 e. The van der Waals surface area contributed by atoms with E-state index in [1.54, 1.807) is 0 Å². The average molecular weight is 171 g/mol. The second-order valence-electron chi connectivity index (χ2n) is 3.14.